The molecule has 1 unspecified atom stereocenters. The summed E-state index contributed by atoms with van der Waals surface area (Å²) in [5.74, 6) is 5.35. The molecule has 0 aliphatic rings. The number of thiophene rings is 1. The van der Waals surface area contributed by atoms with Crippen molar-refractivity contribution < 1.29 is 8.42 Å². The number of hydrazine groups is 1. The van der Waals surface area contributed by atoms with Gasteiger partial charge in [0.25, 0.3) is 0 Å². The summed E-state index contributed by atoms with van der Waals surface area (Å²) in [5, 5.41) is 1.98. The van der Waals surface area contributed by atoms with Crippen molar-refractivity contribution in [2.75, 3.05) is 5.43 Å². The van der Waals surface area contributed by atoms with E-state index in [0.717, 1.165) is 4.88 Å². The zero-order chi connectivity index (χ0) is 14.6. The van der Waals surface area contributed by atoms with Crippen LogP contribution in [0.25, 0.3) is 0 Å². The third-order valence-electron chi connectivity index (χ3n) is 2.78. The van der Waals surface area contributed by atoms with Crippen LogP contribution in [-0.4, -0.2) is 14.5 Å². The van der Waals surface area contributed by atoms with Gasteiger partial charge in [-0.15, -0.1) is 11.3 Å². The molecule has 7 heteroatoms. The highest BCUT2D eigenvalue weighted by Crippen LogP contribution is 2.20. The summed E-state index contributed by atoms with van der Waals surface area (Å²) in [6.07, 6.45) is 0.662. The van der Waals surface area contributed by atoms with E-state index in [1.165, 1.54) is 6.07 Å². The molecule has 0 aliphatic carbocycles. The van der Waals surface area contributed by atoms with E-state index in [-0.39, 0.29) is 10.9 Å². The fourth-order valence-corrected chi connectivity index (χ4v) is 4.17. The van der Waals surface area contributed by atoms with Crippen LogP contribution in [0, 0.1) is 0 Å². The van der Waals surface area contributed by atoms with Gasteiger partial charge in [0.2, 0.25) is 10.0 Å². The Hall–Kier alpha value is -1.41. The van der Waals surface area contributed by atoms with Crippen molar-refractivity contribution in [3.63, 3.8) is 0 Å². The fraction of sp³-hybridized carbons (Fsp3) is 0.231. The summed E-state index contributed by atoms with van der Waals surface area (Å²) in [4.78, 5) is 1.30. The van der Waals surface area contributed by atoms with Gasteiger partial charge in [-0.2, -0.15) is 0 Å². The van der Waals surface area contributed by atoms with Crippen LogP contribution in [0.1, 0.15) is 11.8 Å². The molecule has 0 fully saturated rings. The monoisotopic (exact) mass is 311 g/mol. The first kappa shape index (κ1) is 15.0. The van der Waals surface area contributed by atoms with Crippen LogP contribution in [0.5, 0.6) is 0 Å². The van der Waals surface area contributed by atoms with Gasteiger partial charge in [-0.05, 0) is 36.9 Å². The summed E-state index contributed by atoms with van der Waals surface area (Å²) >= 11 is 1.61. The lowest BCUT2D eigenvalue weighted by Crippen LogP contribution is -2.34. The van der Waals surface area contributed by atoms with Crippen LogP contribution >= 0.6 is 11.3 Å². The SMILES string of the molecule is CC(Cc1cccs1)NS(=O)(=O)c1ccccc1NN. The normalized spacial score (nSPS) is 13.1. The van der Waals surface area contributed by atoms with Gasteiger partial charge in [0.1, 0.15) is 4.90 Å². The van der Waals surface area contributed by atoms with Crippen LogP contribution in [0.3, 0.4) is 0 Å². The third kappa shape index (κ3) is 3.57. The topological polar surface area (TPSA) is 84.2 Å². The minimum absolute atomic E-state index is 0.153. The van der Waals surface area contributed by atoms with Gasteiger partial charge < -0.3 is 5.43 Å². The summed E-state index contributed by atoms with van der Waals surface area (Å²) in [7, 11) is -3.59. The highest BCUT2D eigenvalue weighted by Gasteiger charge is 2.20. The maximum absolute atomic E-state index is 12.3. The smallest absolute Gasteiger partial charge is 0.242 e. The van der Waals surface area contributed by atoms with Gasteiger partial charge >= 0.3 is 0 Å². The quantitative estimate of drug-likeness (QED) is 0.562. The molecule has 0 saturated heterocycles. The number of nitrogens with two attached hydrogens (primary N) is 1. The number of rotatable bonds is 6. The molecular weight excluding hydrogens is 294 g/mol. The van der Waals surface area contributed by atoms with Crippen LogP contribution in [0.4, 0.5) is 5.69 Å². The third-order valence-corrected chi connectivity index (χ3v) is 5.32. The van der Waals surface area contributed by atoms with Gasteiger partial charge in [-0.3, -0.25) is 5.84 Å². The molecule has 1 atom stereocenters. The van der Waals surface area contributed by atoms with Crippen LogP contribution in [0.2, 0.25) is 0 Å². The lowest BCUT2D eigenvalue weighted by molar-refractivity contribution is 0.561. The number of anilines is 1. The highest BCUT2D eigenvalue weighted by atomic mass is 32.2. The Balaban J connectivity index is 2.14. The largest absolute Gasteiger partial charge is 0.323 e. The van der Waals surface area contributed by atoms with Gasteiger partial charge in [0, 0.05) is 10.9 Å². The molecule has 0 aliphatic heterocycles. The molecule has 2 rings (SSSR count). The lowest BCUT2D eigenvalue weighted by atomic mass is 10.2. The van der Waals surface area contributed by atoms with E-state index in [1.54, 1.807) is 29.5 Å². The van der Waals surface area contributed by atoms with E-state index in [9.17, 15) is 8.42 Å². The second-order valence-electron chi connectivity index (χ2n) is 4.45. The molecule has 4 N–H and O–H groups in total. The van der Waals surface area contributed by atoms with Crippen molar-refractivity contribution in [2.24, 2.45) is 5.84 Å². The van der Waals surface area contributed by atoms with Crippen LogP contribution in [-0.2, 0) is 16.4 Å². The van der Waals surface area contributed by atoms with E-state index in [1.807, 2.05) is 24.4 Å². The first-order chi connectivity index (χ1) is 9.53. The van der Waals surface area contributed by atoms with Crippen molar-refractivity contribution in [1.82, 2.24) is 4.72 Å². The molecule has 0 radical (unpaired) electrons. The molecule has 0 spiro atoms. The molecule has 0 amide bonds. The molecule has 0 saturated carbocycles. The van der Waals surface area contributed by atoms with E-state index in [0.29, 0.717) is 12.1 Å². The molecule has 108 valence electrons. The fourth-order valence-electron chi connectivity index (χ4n) is 1.92. The zero-order valence-corrected chi connectivity index (χ0v) is 12.7. The molecule has 1 heterocycles. The highest BCUT2D eigenvalue weighted by molar-refractivity contribution is 7.89. The van der Waals surface area contributed by atoms with Crippen molar-refractivity contribution >= 4 is 27.0 Å². The summed E-state index contributed by atoms with van der Waals surface area (Å²) in [5.41, 5.74) is 2.78. The Morgan fingerprint density at radius 3 is 2.65 bits per heavy atom. The van der Waals surface area contributed by atoms with Gasteiger partial charge in [0.05, 0.1) is 5.69 Å². The van der Waals surface area contributed by atoms with Crippen molar-refractivity contribution in [3.05, 3.63) is 46.7 Å². The van der Waals surface area contributed by atoms with E-state index in [4.69, 9.17) is 5.84 Å². The Bertz CT molecular complexity index is 654. The molecule has 0 bridgehead atoms. The zero-order valence-electron chi connectivity index (χ0n) is 11.0. The predicted octanol–water partition coefficient (Wildman–Crippen LogP) is 1.94. The molecule has 5 nitrogen and oxygen atoms in total. The minimum Gasteiger partial charge on any atom is -0.323 e. The summed E-state index contributed by atoms with van der Waals surface area (Å²) in [6, 6.07) is 10.3. The Morgan fingerprint density at radius 2 is 2.00 bits per heavy atom. The van der Waals surface area contributed by atoms with E-state index < -0.39 is 10.0 Å². The number of hydrogen-bond donors (Lipinski definition) is 3. The Labute approximate surface area is 122 Å². The number of nitrogen functional groups attached to an aromatic ring is 1. The first-order valence-corrected chi connectivity index (χ1v) is 8.49. The molecule has 2 aromatic rings. The number of hydrogen-bond acceptors (Lipinski definition) is 5. The second kappa shape index (κ2) is 6.36. The van der Waals surface area contributed by atoms with Crippen LogP contribution in [0.15, 0.2) is 46.7 Å². The summed E-state index contributed by atoms with van der Waals surface area (Å²) < 4.78 is 27.4. The number of nitrogens with one attached hydrogen (secondary N) is 2. The number of benzene rings is 1. The Morgan fingerprint density at radius 1 is 1.25 bits per heavy atom. The maximum Gasteiger partial charge on any atom is 0.242 e. The minimum atomic E-state index is -3.59. The average Bonchev–Trinajstić information content (AvgIpc) is 2.90. The van der Waals surface area contributed by atoms with Crippen LogP contribution < -0.4 is 16.0 Å². The Kier molecular flexibility index (Phi) is 4.77. The lowest BCUT2D eigenvalue weighted by Gasteiger charge is -2.15. The predicted molar refractivity (Wildman–Crippen MR) is 82.1 cm³/mol. The first-order valence-electron chi connectivity index (χ1n) is 6.13. The van der Waals surface area contributed by atoms with Crippen molar-refractivity contribution in [1.29, 1.82) is 0 Å². The van der Waals surface area contributed by atoms with Gasteiger partial charge in [-0.25, -0.2) is 13.1 Å². The van der Waals surface area contributed by atoms with Crippen molar-refractivity contribution in [3.8, 4) is 0 Å². The van der Waals surface area contributed by atoms with Gasteiger partial charge in [0.15, 0.2) is 0 Å². The summed E-state index contributed by atoms with van der Waals surface area (Å²) in [6.45, 7) is 1.84. The molecule has 1 aromatic carbocycles. The molecular formula is C13H17N3O2S2. The van der Waals surface area contributed by atoms with Gasteiger partial charge in [-0.1, -0.05) is 18.2 Å². The second-order valence-corrected chi connectivity index (χ2v) is 7.16. The number of para-hydroxylation sites is 1. The molecule has 20 heavy (non-hydrogen) atoms. The van der Waals surface area contributed by atoms with Crippen molar-refractivity contribution in [2.45, 2.75) is 24.3 Å². The standard InChI is InChI=1S/C13H17N3O2S2/c1-10(9-11-5-4-8-19-11)16-20(17,18)13-7-3-2-6-12(13)15-14/h2-8,10,15-16H,9,14H2,1H3. The average molecular weight is 311 g/mol. The number of sulfonamides is 1. The van der Waals surface area contributed by atoms with E-state index >= 15 is 0 Å². The maximum atomic E-state index is 12.3. The molecule has 1 aromatic heterocycles. The van der Waals surface area contributed by atoms with E-state index in [2.05, 4.69) is 10.1 Å².